The lowest BCUT2D eigenvalue weighted by atomic mass is 10.2. The van der Waals surface area contributed by atoms with Crippen LogP contribution in [0.5, 0.6) is 0 Å². The van der Waals surface area contributed by atoms with Crippen LogP contribution in [0.25, 0.3) is 21.9 Å². The molecule has 7 heteroatoms. The number of nitrogens with one attached hydrogen (secondary N) is 1. The Labute approximate surface area is 125 Å². The van der Waals surface area contributed by atoms with Crippen LogP contribution in [0.15, 0.2) is 41.3 Å². The minimum atomic E-state index is -0.317. The standard InChI is InChI=1S/C15H14FN5O/c1-22-10(5-17)6-18-8-14-20-13-7-19-12-3-2-9(16)4-11(12)15(13)21-14/h2-7H,8,17H2,1H3,(H,20,21). The SMILES string of the molecule is COC(C=NCc1nc2c(cnc3ccc(F)cc32)[nH]1)=CN. The van der Waals surface area contributed by atoms with Gasteiger partial charge in [0.25, 0.3) is 0 Å². The molecular weight excluding hydrogens is 285 g/mol. The average Bonchev–Trinajstić information content (AvgIpc) is 2.95. The first kappa shape index (κ1) is 14.0. The van der Waals surface area contributed by atoms with E-state index in [1.54, 1.807) is 12.3 Å². The summed E-state index contributed by atoms with van der Waals surface area (Å²) in [4.78, 5) is 16.0. The summed E-state index contributed by atoms with van der Waals surface area (Å²) in [6, 6.07) is 4.44. The molecule has 0 unspecified atom stereocenters. The van der Waals surface area contributed by atoms with Gasteiger partial charge in [-0.15, -0.1) is 0 Å². The Kier molecular flexibility index (Phi) is 3.69. The van der Waals surface area contributed by atoms with Crippen molar-refractivity contribution in [3.8, 4) is 0 Å². The van der Waals surface area contributed by atoms with Gasteiger partial charge < -0.3 is 15.5 Å². The van der Waals surface area contributed by atoms with Gasteiger partial charge in [-0.25, -0.2) is 9.37 Å². The van der Waals surface area contributed by atoms with Crippen LogP contribution >= 0.6 is 0 Å². The summed E-state index contributed by atoms with van der Waals surface area (Å²) in [5, 5.41) is 0.670. The average molecular weight is 299 g/mol. The minimum absolute atomic E-state index is 0.317. The van der Waals surface area contributed by atoms with Crippen LogP contribution in [0.3, 0.4) is 0 Å². The lowest BCUT2D eigenvalue weighted by molar-refractivity contribution is 0.316. The molecule has 0 aliphatic carbocycles. The molecule has 0 atom stereocenters. The van der Waals surface area contributed by atoms with Crippen LogP contribution < -0.4 is 5.73 Å². The Morgan fingerprint density at radius 2 is 2.36 bits per heavy atom. The van der Waals surface area contributed by atoms with Crippen molar-refractivity contribution in [2.75, 3.05) is 7.11 Å². The number of nitrogens with two attached hydrogens (primary N) is 1. The van der Waals surface area contributed by atoms with E-state index in [4.69, 9.17) is 10.5 Å². The number of aromatic nitrogens is 3. The second-order valence-corrected chi connectivity index (χ2v) is 4.61. The molecule has 2 heterocycles. The maximum Gasteiger partial charge on any atom is 0.152 e. The van der Waals surface area contributed by atoms with Crippen molar-refractivity contribution in [1.82, 2.24) is 15.0 Å². The van der Waals surface area contributed by atoms with E-state index in [9.17, 15) is 4.39 Å². The fourth-order valence-corrected chi connectivity index (χ4v) is 2.14. The fourth-order valence-electron chi connectivity index (χ4n) is 2.14. The molecule has 1 aromatic carbocycles. The highest BCUT2D eigenvalue weighted by Crippen LogP contribution is 2.22. The van der Waals surface area contributed by atoms with E-state index >= 15 is 0 Å². The summed E-state index contributed by atoms with van der Waals surface area (Å²) in [6.07, 6.45) is 4.52. The Morgan fingerprint density at radius 3 is 3.14 bits per heavy atom. The summed E-state index contributed by atoms with van der Waals surface area (Å²) in [7, 11) is 1.51. The van der Waals surface area contributed by atoms with E-state index in [-0.39, 0.29) is 5.82 Å². The van der Waals surface area contributed by atoms with Crippen LogP contribution in [0.2, 0.25) is 0 Å². The largest absolute Gasteiger partial charge is 0.494 e. The first-order chi connectivity index (χ1) is 10.7. The number of aromatic amines is 1. The summed E-state index contributed by atoms with van der Waals surface area (Å²) in [5.41, 5.74) is 7.47. The quantitative estimate of drug-likeness (QED) is 0.571. The third-order valence-electron chi connectivity index (χ3n) is 3.19. The summed E-state index contributed by atoms with van der Waals surface area (Å²) < 4.78 is 18.4. The van der Waals surface area contributed by atoms with Crippen LogP contribution in [0.4, 0.5) is 4.39 Å². The van der Waals surface area contributed by atoms with Gasteiger partial charge in [0.1, 0.15) is 11.6 Å². The zero-order valence-electron chi connectivity index (χ0n) is 11.9. The highest BCUT2D eigenvalue weighted by atomic mass is 19.1. The van der Waals surface area contributed by atoms with Crippen molar-refractivity contribution in [2.45, 2.75) is 6.54 Å². The lowest BCUT2D eigenvalue weighted by Gasteiger charge is -1.97. The Balaban J connectivity index is 1.96. The van der Waals surface area contributed by atoms with Crippen molar-refractivity contribution < 1.29 is 9.13 Å². The molecule has 0 saturated heterocycles. The molecule has 0 aliphatic rings. The molecule has 3 N–H and O–H groups in total. The van der Waals surface area contributed by atoms with E-state index in [2.05, 4.69) is 19.9 Å². The predicted molar refractivity (Wildman–Crippen MR) is 82.8 cm³/mol. The predicted octanol–water partition coefficient (Wildman–Crippen LogP) is 2.27. The maximum absolute atomic E-state index is 13.4. The normalized spacial score (nSPS) is 12.5. The van der Waals surface area contributed by atoms with Gasteiger partial charge in [-0.3, -0.25) is 9.98 Å². The molecule has 0 fully saturated rings. The highest BCUT2D eigenvalue weighted by Gasteiger charge is 2.08. The van der Waals surface area contributed by atoms with E-state index in [1.807, 2.05) is 0 Å². The number of halogens is 1. The maximum atomic E-state index is 13.4. The van der Waals surface area contributed by atoms with Crippen molar-refractivity contribution in [3.05, 3.63) is 48.0 Å². The molecule has 6 nitrogen and oxygen atoms in total. The highest BCUT2D eigenvalue weighted by molar-refractivity contribution is 6.01. The molecule has 3 aromatic rings. The van der Waals surface area contributed by atoms with Gasteiger partial charge in [0.15, 0.2) is 5.76 Å². The molecular formula is C15H14FN5O. The van der Waals surface area contributed by atoms with Crippen molar-refractivity contribution >= 4 is 28.2 Å². The first-order valence-electron chi connectivity index (χ1n) is 6.60. The number of pyridine rings is 1. The van der Waals surface area contributed by atoms with Gasteiger partial charge in [0.2, 0.25) is 0 Å². The van der Waals surface area contributed by atoms with Crippen molar-refractivity contribution in [2.24, 2.45) is 10.7 Å². The van der Waals surface area contributed by atoms with Crippen LogP contribution in [0.1, 0.15) is 5.82 Å². The van der Waals surface area contributed by atoms with Crippen LogP contribution in [-0.2, 0) is 11.3 Å². The number of nitrogens with zero attached hydrogens (tertiary/aromatic N) is 3. The molecule has 0 bridgehead atoms. The zero-order chi connectivity index (χ0) is 15.5. The summed E-state index contributed by atoms with van der Waals surface area (Å²) in [5.74, 6) is 0.796. The molecule has 2 aromatic heterocycles. The van der Waals surface area contributed by atoms with Crippen molar-refractivity contribution in [1.29, 1.82) is 0 Å². The number of imidazole rings is 1. The first-order valence-corrected chi connectivity index (χ1v) is 6.60. The monoisotopic (exact) mass is 299 g/mol. The summed E-state index contributed by atoms with van der Waals surface area (Å²) >= 11 is 0. The molecule has 0 amide bonds. The van der Waals surface area contributed by atoms with Crippen LogP contribution in [-0.4, -0.2) is 28.3 Å². The third kappa shape index (κ3) is 2.60. The zero-order valence-corrected chi connectivity index (χ0v) is 11.9. The number of hydrogen-bond acceptors (Lipinski definition) is 5. The summed E-state index contributed by atoms with van der Waals surface area (Å²) in [6.45, 7) is 0.326. The van der Waals surface area contributed by atoms with Gasteiger partial charge >= 0.3 is 0 Å². The Morgan fingerprint density at radius 1 is 1.50 bits per heavy atom. The van der Waals surface area contributed by atoms with Crippen LogP contribution in [0, 0.1) is 5.82 Å². The van der Waals surface area contributed by atoms with Gasteiger partial charge in [-0.05, 0) is 18.2 Å². The smallest absolute Gasteiger partial charge is 0.152 e. The third-order valence-corrected chi connectivity index (χ3v) is 3.19. The van der Waals surface area contributed by atoms with E-state index < -0.39 is 0 Å². The molecule has 112 valence electrons. The lowest BCUT2D eigenvalue weighted by Crippen LogP contribution is -1.94. The number of rotatable bonds is 4. The van der Waals surface area contributed by atoms with E-state index in [0.717, 1.165) is 5.52 Å². The molecule has 0 spiro atoms. The van der Waals surface area contributed by atoms with Gasteiger partial charge in [0, 0.05) is 11.6 Å². The molecule has 0 saturated carbocycles. The number of aliphatic imine (C=N–C) groups is 1. The van der Waals surface area contributed by atoms with E-state index in [0.29, 0.717) is 34.5 Å². The number of methoxy groups -OCH3 is 1. The molecule has 22 heavy (non-hydrogen) atoms. The second-order valence-electron chi connectivity index (χ2n) is 4.61. The fraction of sp³-hybridized carbons (Fsp3) is 0.133. The van der Waals surface area contributed by atoms with Gasteiger partial charge in [0.05, 0.1) is 42.6 Å². The van der Waals surface area contributed by atoms with Gasteiger partial charge in [-0.2, -0.15) is 0 Å². The van der Waals surface area contributed by atoms with Gasteiger partial charge in [-0.1, -0.05) is 0 Å². The minimum Gasteiger partial charge on any atom is -0.494 e. The molecule has 0 radical (unpaired) electrons. The number of fused-ring (bicyclic) bond motifs is 3. The number of allylic oxidation sites excluding steroid dienone is 1. The van der Waals surface area contributed by atoms with Crippen molar-refractivity contribution in [3.63, 3.8) is 0 Å². The number of hydrogen-bond donors (Lipinski definition) is 2. The molecule has 0 aliphatic heterocycles. The Hall–Kier alpha value is -2.96. The second kappa shape index (κ2) is 5.80. The number of H-pyrrole nitrogens is 1. The van der Waals surface area contributed by atoms with E-state index in [1.165, 1.54) is 31.7 Å². The Bertz CT molecular complexity index is 884. The molecule has 3 rings (SSSR count). The topological polar surface area (TPSA) is 89.2 Å². The number of benzene rings is 1. The number of ether oxygens (including phenoxy) is 1.